The molecule has 0 fully saturated rings. The van der Waals surface area contributed by atoms with Gasteiger partial charge in [0.25, 0.3) is 0 Å². The molecule has 0 saturated heterocycles. The predicted molar refractivity (Wildman–Crippen MR) is 83.5 cm³/mol. The van der Waals surface area contributed by atoms with E-state index in [9.17, 15) is 9.59 Å². The molecule has 0 aromatic heterocycles. The van der Waals surface area contributed by atoms with Crippen molar-refractivity contribution in [1.29, 1.82) is 0 Å². The van der Waals surface area contributed by atoms with Crippen LogP contribution in [0.5, 0.6) is 0 Å². The number of aliphatic imine (C=N–C) groups is 2. The Bertz CT molecular complexity index is 722. The summed E-state index contributed by atoms with van der Waals surface area (Å²) >= 11 is 16.9. The maximum absolute atomic E-state index is 9.84. The Kier molecular flexibility index (Phi) is 7.41. The number of nitrogens with zero attached hydrogens (tertiary/aromatic N) is 2. The number of isocyanates is 2. The van der Waals surface area contributed by atoms with Crippen LogP contribution in [0.25, 0.3) is 0 Å². The van der Waals surface area contributed by atoms with Gasteiger partial charge in [0.2, 0.25) is 12.2 Å². The molecule has 0 bridgehead atoms. The average Bonchev–Trinajstić information content (AvgIpc) is 2.48. The molecule has 106 valence electrons. The number of para-hydroxylation sites is 1. The number of hydrogen-bond acceptors (Lipinski definition) is 4. The lowest BCUT2D eigenvalue weighted by molar-refractivity contribution is 0.564. The van der Waals surface area contributed by atoms with Gasteiger partial charge in [-0.25, -0.2) is 9.59 Å². The Morgan fingerprint density at radius 2 is 1.24 bits per heavy atom. The standard InChI is InChI=1S/C7H3Cl2NO.C7H4ClNO/c8-5-2-1-3-6(7(5)9)10-4-11;8-6-3-1-2-4-7(6)9-5-10/h1-3H;1-4H. The van der Waals surface area contributed by atoms with Crippen LogP contribution in [-0.2, 0) is 9.59 Å². The molecule has 0 atom stereocenters. The molecule has 0 aliphatic rings. The second-order valence-electron chi connectivity index (χ2n) is 3.43. The minimum atomic E-state index is 0.275. The highest BCUT2D eigenvalue weighted by Gasteiger charge is 2.01. The summed E-state index contributed by atoms with van der Waals surface area (Å²) in [5.41, 5.74) is 0.799. The van der Waals surface area contributed by atoms with Crippen molar-refractivity contribution in [2.24, 2.45) is 9.98 Å². The highest BCUT2D eigenvalue weighted by Crippen LogP contribution is 2.31. The summed E-state index contributed by atoms with van der Waals surface area (Å²) in [4.78, 5) is 26.3. The largest absolute Gasteiger partial charge is 0.240 e. The number of benzene rings is 2. The number of halogens is 3. The summed E-state index contributed by atoms with van der Waals surface area (Å²) in [5, 5.41) is 1.12. The van der Waals surface area contributed by atoms with Crippen molar-refractivity contribution in [3.63, 3.8) is 0 Å². The SMILES string of the molecule is O=C=Nc1cccc(Cl)c1Cl.O=C=Nc1ccccc1Cl. The molecule has 2 aromatic carbocycles. The average molecular weight is 342 g/mol. The lowest BCUT2D eigenvalue weighted by Crippen LogP contribution is -1.69. The maximum Gasteiger partial charge on any atom is 0.240 e. The van der Waals surface area contributed by atoms with E-state index in [1.807, 2.05) is 0 Å². The van der Waals surface area contributed by atoms with Crippen LogP contribution in [0.15, 0.2) is 52.4 Å². The van der Waals surface area contributed by atoms with E-state index >= 15 is 0 Å². The maximum atomic E-state index is 9.84. The van der Waals surface area contributed by atoms with Crippen LogP contribution in [0.4, 0.5) is 11.4 Å². The van der Waals surface area contributed by atoms with Crippen molar-refractivity contribution in [2.75, 3.05) is 0 Å². The molecule has 2 aromatic rings. The van der Waals surface area contributed by atoms with Gasteiger partial charge < -0.3 is 0 Å². The van der Waals surface area contributed by atoms with Crippen molar-refractivity contribution in [2.45, 2.75) is 0 Å². The fourth-order valence-corrected chi connectivity index (χ4v) is 1.74. The molecule has 4 nitrogen and oxygen atoms in total. The first-order valence-electron chi connectivity index (χ1n) is 5.44. The quantitative estimate of drug-likeness (QED) is 0.552. The Morgan fingerprint density at radius 3 is 1.86 bits per heavy atom. The van der Waals surface area contributed by atoms with E-state index < -0.39 is 0 Å². The molecular formula is C14H7Cl3N2O2. The van der Waals surface area contributed by atoms with Gasteiger partial charge in [0, 0.05) is 0 Å². The zero-order chi connectivity index (χ0) is 15.7. The van der Waals surface area contributed by atoms with E-state index in [2.05, 4.69) is 9.98 Å². The van der Waals surface area contributed by atoms with E-state index in [4.69, 9.17) is 34.8 Å². The highest BCUT2D eigenvalue weighted by atomic mass is 35.5. The van der Waals surface area contributed by atoms with Crippen molar-refractivity contribution < 1.29 is 9.59 Å². The van der Waals surface area contributed by atoms with Crippen LogP contribution in [-0.4, -0.2) is 12.2 Å². The van der Waals surface area contributed by atoms with Crippen molar-refractivity contribution >= 4 is 58.3 Å². The number of hydrogen-bond donors (Lipinski definition) is 0. The molecule has 0 spiro atoms. The minimum Gasteiger partial charge on any atom is -0.211 e. The molecule has 0 radical (unpaired) electrons. The van der Waals surface area contributed by atoms with Gasteiger partial charge in [-0.15, -0.1) is 0 Å². The smallest absolute Gasteiger partial charge is 0.211 e. The van der Waals surface area contributed by atoms with Crippen LogP contribution >= 0.6 is 34.8 Å². The third-order valence-electron chi connectivity index (χ3n) is 2.12. The monoisotopic (exact) mass is 340 g/mol. The van der Waals surface area contributed by atoms with Crippen LogP contribution in [0, 0.1) is 0 Å². The fourth-order valence-electron chi connectivity index (χ4n) is 1.22. The Hall–Kier alpha value is -1.93. The van der Waals surface area contributed by atoms with Gasteiger partial charge in [-0.3, -0.25) is 0 Å². The zero-order valence-corrected chi connectivity index (χ0v) is 12.7. The molecule has 0 amide bonds. The van der Waals surface area contributed by atoms with E-state index in [1.165, 1.54) is 12.2 Å². The molecule has 0 saturated carbocycles. The Morgan fingerprint density at radius 1 is 0.714 bits per heavy atom. The van der Waals surface area contributed by atoms with E-state index in [0.717, 1.165) is 0 Å². The van der Waals surface area contributed by atoms with Gasteiger partial charge in [-0.05, 0) is 24.3 Å². The topological polar surface area (TPSA) is 58.9 Å². The lowest BCUT2D eigenvalue weighted by atomic mass is 10.3. The first kappa shape index (κ1) is 17.1. The summed E-state index contributed by atoms with van der Waals surface area (Å²) in [6.45, 7) is 0. The predicted octanol–water partition coefficient (Wildman–Crippen LogP) is 5.27. The number of carbonyl (C=O) groups excluding carboxylic acids is 2. The summed E-state index contributed by atoms with van der Waals surface area (Å²) < 4.78 is 0. The molecule has 2 rings (SSSR count). The molecule has 0 aliphatic heterocycles. The van der Waals surface area contributed by atoms with Gasteiger partial charge >= 0.3 is 0 Å². The van der Waals surface area contributed by atoms with E-state index in [-0.39, 0.29) is 5.02 Å². The summed E-state index contributed by atoms with van der Waals surface area (Å²) in [6, 6.07) is 11.7. The van der Waals surface area contributed by atoms with E-state index in [0.29, 0.717) is 21.4 Å². The van der Waals surface area contributed by atoms with Gasteiger partial charge in [0.15, 0.2) is 0 Å². The van der Waals surface area contributed by atoms with E-state index in [1.54, 1.807) is 42.5 Å². The van der Waals surface area contributed by atoms with Gasteiger partial charge in [-0.1, -0.05) is 53.0 Å². The molecular weight excluding hydrogens is 335 g/mol. The first-order valence-corrected chi connectivity index (χ1v) is 6.57. The lowest BCUT2D eigenvalue weighted by Gasteiger charge is -1.95. The molecule has 0 unspecified atom stereocenters. The van der Waals surface area contributed by atoms with Gasteiger partial charge in [0.05, 0.1) is 26.4 Å². The Labute approximate surface area is 135 Å². The normalized spacial score (nSPS) is 8.71. The first-order chi connectivity index (χ1) is 10.1. The van der Waals surface area contributed by atoms with Crippen LogP contribution in [0.1, 0.15) is 0 Å². The van der Waals surface area contributed by atoms with Crippen LogP contribution in [0.2, 0.25) is 15.1 Å². The van der Waals surface area contributed by atoms with Crippen molar-refractivity contribution in [1.82, 2.24) is 0 Å². The molecule has 21 heavy (non-hydrogen) atoms. The second-order valence-corrected chi connectivity index (χ2v) is 4.62. The molecule has 0 heterocycles. The minimum absolute atomic E-state index is 0.275. The molecule has 0 N–H and O–H groups in total. The third kappa shape index (κ3) is 5.52. The number of rotatable bonds is 2. The Balaban J connectivity index is 0.000000211. The summed E-state index contributed by atoms with van der Waals surface area (Å²) in [7, 11) is 0. The van der Waals surface area contributed by atoms with Crippen LogP contribution in [0.3, 0.4) is 0 Å². The molecule has 0 aliphatic carbocycles. The van der Waals surface area contributed by atoms with Crippen molar-refractivity contribution in [3.05, 3.63) is 57.5 Å². The van der Waals surface area contributed by atoms with Gasteiger partial charge in [-0.2, -0.15) is 9.98 Å². The fraction of sp³-hybridized carbons (Fsp3) is 0. The summed E-state index contributed by atoms with van der Waals surface area (Å²) in [6.07, 6.45) is 2.80. The zero-order valence-electron chi connectivity index (χ0n) is 10.4. The van der Waals surface area contributed by atoms with Crippen LogP contribution < -0.4 is 0 Å². The van der Waals surface area contributed by atoms with Gasteiger partial charge in [0.1, 0.15) is 0 Å². The molecule has 7 heteroatoms. The highest BCUT2D eigenvalue weighted by molar-refractivity contribution is 6.43. The summed E-state index contributed by atoms with van der Waals surface area (Å²) in [5.74, 6) is 0. The second kappa shape index (κ2) is 9.09. The third-order valence-corrected chi connectivity index (χ3v) is 3.24. The van der Waals surface area contributed by atoms with Crippen molar-refractivity contribution in [3.8, 4) is 0 Å².